The lowest BCUT2D eigenvalue weighted by Crippen LogP contribution is -1.88. The molecule has 48 heavy (non-hydrogen) atoms. The molecule has 3 nitrogen and oxygen atoms in total. The summed E-state index contributed by atoms with van der Waals surface area (Å²) in [6.45, 7) is 0. The van der Waals surface area contributed by atoms with Crippen LogP contribution in [0.15, 0.2) is 141 Å². The molecule has 6 aromatic heterocycles. The van der Waals surface area contributed by atoms with Gasteiger partial charge in [0.15, 0.2) is 0 Å². The SMILES string of the molecule is c1ccc2[nH]c(-c3cscc3-c3cc(-c4cscc4-c4cc5ccccc5[nH]4)cc(-c4cscc4-c4cc5ccccc5[nH]4)c3)cc2c1. The highest BCUT2D eigenvalue weighted by molar-refractivity contribution is 7.09. The van der Waals surface area contributed by atoms with Crippen molar-refractivity contribution >= 4 is 66.7 Å². The standard InChI is InChI=1S/C42H27N3S3/c1-4-10-37-25(7-1)16-40(43-37)34-22-46-19-31(34)28-13-29(32-20-47-23-35(32)41-17-26-8-2-5-11-38(26)44-41)15-30(14-28)33-21-48-24-36(33)42-18-27-9-3-6-12-39(27)45-42/h1-24,43-45H. The molecule has 10 rings (SSSR count). The van der Waals surface area contributed by atoms with E-state index in [2.05, 4.69) is 156 Å². The molecule has 6 heteroatoms. The summed E-state index contributed by atoms with van der Waals surface area (Å²) in [5.41, 5.74) is 17.9. The van der Waals surface area contributed by atoms with Crippen LogP contribution in [0.25, 0.3) is 99.9 Å². The first-order valence-corrected chi connectivity index (χ1v) is 18.7. The summed E-state index contributed by atoms with van der Waals surface area (Å²) in [6, 6.07) is 39.4. The fraction of sp³-hybridized carbons (Fsp3) is 0. The molecular formula is C42H27N3S3. The number of nitrogens with one attached hydrogen (secondary N) is 3. The number of H-pyrrole nitrogens is 3. The van der Waals surface area contributed by atoms with E-state index in [9.17, 15) is 0 Å². The van der Waals surface area contributed by atoms with Crippen LogP contribution in [0.1, 0.15) is 0 Å². The van der Waals surface area contributed by atoms with Gasteiger partial charge in [0, 0.05) is 99.3 Å². The average Bonchev–Trinajstić information content (AvgIpc) is 3.97. The zero-order valence-electron chi connectivity index (χ0n) is 25.6. The third-order valence-corrected chi connectivity index (χ3v) is 11.5. The van der Waals surface area contributed by atoms with Crippen LogP contribution in [0.3, 0.4) is 0 Å². The maximum Gasteiger partial charge on any atom is 0.0479 e. The minimum Gasteiger partial charge on any atom is -0.354 e. The van der Waals surface area contributed by atoms with E-state index in [4.69, 9.17) is 0 Å². The lowest BCUT2D eigenvalue weighted by molar-refractivity contribution is 1.46. The van der Waals surface area contributed by atoms with Gasteiger partial charge in [-0.25, -0.2) is 0 Å². The molecule has 3 N–H and O–H groups in total. The number of hydrogen-bond acceptors (Lipinski definition) is 3. The van der Waals surface area contributed by atoms with Gasteiger partial charge in [0.05, 0.1) is 0 Å². The Kier molecular flexibility index (Phi) is 6.40. The maximum atomic E-state index is 3.68. The summed E-state index contributed by atoms with van der Waals surface area (Å²) in [5.74, 6) is 0. The van der Waals surface area contributed by atoms with Crippen molar-refractivity contribution in [3.8, 4) is 67.2 Å². The summed E-state index contributed by atoms with van der Waals surface area (Å²) in [7, 11) is 0. The van der Waals surface area contributed by atoms with Gasteiger partial charge < -0.3 is 15.0 Å². The van der Waals surface area contributed by atoms with Crippen molar-refractivity contribution in [2.75, 3.05) is 0 Å². The first kappa shape index (κ1) is 27.7. The number of rotatable bonds is 6. The molecule has 0 aliphatic heterocycles. The highest BCUT2D eigenvalue weighted by atomic mass is 32.1. The summed E-state index contributed by atoms with van der Waals surface area (Å²) in [5, 5.41) is 17.4. The van der Waals surface area contributed by atoms with E-state index >= 15 is 0 Å². The van der Waals surface area contributed by atoms with E-state index in [1.165, 1.54) is 66.2 Å². The number of fused-ring (bicyclic) bond motifs is 3. The van der Waals surface area contributed by atoms with E-state index in [1.54, 1.807) is 34.0 Å². The quantitative estimate of drug-likeness (QED) is 0.158. The second-order valence-electron chi connectivity index (χ2n) is 12.2. The number of benzene rings is 4. The zero-order valence-corrected chi connectivity index (χ0v) is 28.0. The molecule has 6 heterocycles. The molecule has 0 saturated heterocycles. The molecular weight excluding hydrogens is 643 g/mol. The largest absolute Gasteiger partial charge is 0.354 e. The number of para-hydroxylation sites is 3. The third kappa shape index (κ3) is 4.60. The van der Waals surface area contributed by atoms with Gasteiger partial charge in [-0.1, -0.05) is 54.6 Å². The fourth-order valence-corrected chi connectivity index (χ4v) is 9.51. The highest BCUT2D eigenvalue weighted by Crippen LogP contribution is 2.45. The molecule has 0 radical (unpaired) electrons. The topological polar surface area (TPSA) is 47.4 Å². The van der Waals surface area contributed by atoms with Crippen LogP contribution in [0.5, 0.6) is 0 Å². The third-order valence-electron chi connectivity index (χ3n) is 9.31. The van der Waals surface area contributed by atoms with Gasteiger partial charge in [0.25, 0.3) is 0 Å². The van der Waals surface area contributed by atoms with Crippen molar-refractivity contribution in [2.45, 2.75) is 0 Å². The first-order valence-electron chi connectivity index (χ1n) is 15.8. The van der Waals surface area contributed by atoms with Crippen LogP contribution in [-0.2, 0) is 0 Å². The van der Waals surface area contributed by atoms with Gasteiger partial charge in [-0.2, -0.15) is 34.0 Å². The van der Waals surface area contributed by atoms with Gasteiger partial charge >= 0.3 is 0 Å². The van der Waals surface area contributed by atoms with E-state index in [0.29, 0.717) is 0 Å². The Morgan fingerprint density at radius 3 is 0.917 bits per heavy atom. The normalized spacial score (nSPS) is 11.8. The van der Waals surface area contributed by atoms with Gasteiger partial charge in [-0.05, 0) is 87.4 Å². The molecule has 10 aromatic rings. The number of hydrogen-bond donors (Lipinski definition) is 3. The molecule has 4 aromatic carbocycles. The molecule has 0 aliphatic carbocycles. The summed E-state index contributed by atoms with van der Waals surface area (Å²) in [4.78, 5) is 11.0. The zero-order chi connectivity index (χ0) is 31.6. The second kappa shape index (κ2) is 11.1. The Morgan fingerprint density at radius 2 is 0.604 bits per heavy atom. The van der Waals surface area contributed by atoms with Crippen LogP contribution >= 0.6 is 34.0 Å². The Balaban J connectivity index is 1.17. The highest BCUT2D eigenvalue weighted by Gasteiger charge is 2.19. The smallest absolute Gasteiger partial charge is 0.0479 e. The minimum atomic E-state index is 1.14. The molecule has 0 unspecified atom stereocenters. The van der Waals surface area contributed by atoms with E-state index in [0.717, 1.165) is 33.6 Å². The Hall–Kier alpha value is -5.40. The first-order chi connectivity index (χ1) is 23.7. The number of aromatic nitrogens is 3. The van der Waals surface area contributed by atoms with Gasteiger partial charge in [-0.15, -0.1) is 0 Å². The van der Waals surface area contributed by atoms with Crippen molar-refractivity contribution in [1.82, 2.24) is 15.0 Å². The molecule has 0 atom stereocenters. The summed E-state index contributed by atoms with van der Waals surface area (Å²) < 4.78 is 0. The second-order valence-corrected chi connectivity index (χ2v) is 14.4. The van der Waals surface area contributed by atoms with Crippen LogP contribution in [0, 0.1) is 0 Å². The van der Waals surface area contributed by atoms with Crippen molar-refractivity contribution in [2.24, 2.45) is 0 Å². The van der Waals surface area contributed by atoms with Crippen molar-refractivity contribution < 1.29 is 0 Å². The van der Waals surface area contributed by atoms with E-state index < -0.39 is 0 Å². The van der Waals surface area contributed by atoms with Crippen LogP contribution in [-0.4, -0.2) is 15.0 Å². The fourth-order valence-electron chi connectivity index (χ4n) is 6.94. The molecule has 0 spiro atoms. The maximum absolute atomic E-state index is 3.68. The van der Waals surface area contributed by atoms with E-state index in [1.807, 2.05) is 0 Å². The van der Waals surface area contributed by atoms with Crippen molar-refractivity contribution in [3.63, 3.8) is 0 Å². The summed E-state index contributed by atoms with van der Waals surface area (Å²) in [6.07, 6.45) is 0. The van der Waals surface area contributed by atoms with E-state index in [-0.39, 0.29) is 0 Å². The van der Waals surface area contributed by atoms with Crippen LogP contribution in [0.4, 0.5) is 0 Å². The monoisotopic (exact) mass is 669 g/mol. The Labute approximate surface area is 288 Å². The molecule has 0 fully saturated rings. The van der Waals surface area contributed by atoms with Crippen LogP contribution in [0.2, 0.25) is 0 Å². The van der Waals surface area contributed by atoms with Crippen LogP contribution < -0.4 is 0 Å². The Morgan fingerprint density at radius 1 is 0.312 bits per heavy atom. The molecule has 0 amide bonds. The molecule has 0 aliphatic rings. The molecule has 228 valence electrons. The average molecular weight is 670 g/mol. The lowest BCUT2D eigenvalue weighted by Gasteiger charge is -2.13. The van der Waals surface area contributed by atoms with Gasteiger partial charge in [-0.3, -0.25) is 0 Å². The van der Waals surface area contributed by atoms with Gasteiger partial charge in [0.1, 0.15) is 0 Å². The van der Waals surface area contributed by atoms with Crippen molar-refractivity contribution in [1.29, 1.82) is 0 Å². The minimum absolute atomic E-state index is 1.14. The summed E-state index contributed by atoms with van der Waals surface area (Å²) >= 11 is 5.25. The lowest BCUT2D eigenvalue weighted by atomic mass is 9.91. The Bertz CT molecular complexity index is 2350. The van der Waals surface area contributed by atoms with Gasteiger partial charge in [0.2, 0.25) is 0 Å². The molecule has 0 saturated carbocycles. The number of thiophene rings is 3. The number of aromatic amines is 3. The van der Waals surface area contributed by atoms with Crippen molar-refractivity contribution in [3.05, 3.63) is 141 Å². The molecule has 0 bridgehead atoms. The predicted molar refractivity (Wildman–Crippen MR) is 208 cm³/mol. The predicted octanol–water partition coefficient (Wildman–Crippen LogP) is 13.3.